The Labute approximate surface area is 181 Å². The second-order valence-corrected chi connectivity index (χ2v) is 7.16. The number of hydrogen-bond donors (Lipinski definition) is 4. The molecule has 3 aromatic rings. The number of nitrogen functional groups attached to an aromatic ring is 1. The summed E-state index contributed by atoms with van der Waals surface area (Å²) in [6, 6.07) is 21.2. The van der Waals surface area contributed by atoms with E-state index in [-0.39, 0.29) is 24.3 Å². The first-order valence-electron chi connectivity index (χ1n) is 9.77. The lowest BCUT2D eigenvalue weighted by Crippen LogP contribution is -2.33. The summed E-state index contributed by atoms with van der Waals surface area (Å²) in [6.45, 7) is 2.14. The van der Waals surface area contributed by atoms with Gasteiger partial charge in [-0.2, -0.15) is 0 Å². The topological polar surface area (TPSA) is 111 Å². The summed E-state index contributed by atoms with van der Waals surface area (Å²) in [4.78, 5) is 26.8. The van der Waals surface area contributed by atoms with Crippen molar-refractivity contribution in [2.24, 2.45) is 5.73 Å². The van der Waals surface area contributed by atoms with Crippen molar-refractivity contribution in [3.05, 3.63) is 95.1 Å². The monoisotopic (exact) mass is 415 g/mol. The Hall–Kier alpha value is -4.13. The number of urea groups is 1. The summed E-state index contributed by atoms with van der Waals surface area (Å²) >= 11 is 0. The number of nitrogens with two attached hydrogens (primary N) is 1. The molecule has 5 N–H and O–H groups in total. The molecule has 158 valence electrons. The fraction of sp³-hybridized carbons (Fsp3) is 0.125. The Kier molecular flexibility index (Phi) is 6.67. The molecule has 7 nitrogen and oxygen atoms in total. The van der Waals surface area contributed by atoms with Gasteiger partial charge in [0.1, 0.15) is 5.84 Å². The molecule has 0 aliphatic rings. The van der Waals surface area contributed by atoms with Gasteiger partial charge in [-0.15, -0.1) is 0 Å². The van der Waals surface area contributed by atoms with Crippen LogP contribution >= 0.6 is 0 Å². The molecule has 0 bridgehead atoms. The number of hydrogen-bond acceptors (Lipinski definition) is 3. The van der Waals surface area contributed by atoms with E-state index in [0.29, 0.717) is 22.5 Å². The van der Waals surface area contributed by atoms with Crippen LogP contribution < -0.4 is 21.3 Å². The molecule has 31 heavy (non-hydrogen) atoms. The van der Waals surface area contributed by atoms with Crippen LogP contribution in [0.5, 0.6) is 0 Å². The van der Waals surface area contributed by atoms with Gasteiger partial charge in [-0.25, -0.2) is 4.79 Å². The Morgan fingerprint density at radius 1 is 0.968 bits per heavy atom. The maximum absolute atomic E-state index is 12.8. The summed E-state index contributed by atoms with van der Waals surface area (Å²) in [5.41, 5.74) is 9.62. The average Bonchev–Trinajstić information content (AvgIpc) is 2.77. The van der Waals surface area contributed by atoms with Gasteiger partial charge >= 0.3 is 6.03 Å². The minimum atomic E-state index is -0.349. The van der Waals surface area contributed by atoms with Gasteiger partial charge in [0, 0.05) is 30.4 Å². The number of para-hydroxylation sites is 1. The Morgan fingerprint density at radius 3 is 2.39 bits per heavy atom. The molecule has 3 aromatic carbocycles. The molecule has 0 aromatic heterocycles. The van der Waals surface area contributed by atoms with E-state index in [1.807, 2.05) is 43.3 Å². The van der Waals surface area contributed by atoms with Crippen LogP contribution in [0.15, 0.2) is 72.8 Å². The van der Waals surface area contributed by atoms with Gasteiger partial charge < -0.3 is 16.4 Å². The van der Waals surface area contributed by atoms with Crippen molar-refractivity contribution in [3.63, 3.8) is 0 Å². The van der Waals surface area contributed by atoms with Crippen LogP contribution in [-0.2, 0) is 6.54 Å². The quantitative estimate of drug-likeness (QED) is 0.362. The highest BCUT2D eigenvalue weighted by Gasteiger charge is 2.17. The van der Waals surface area contributed by atoms with E-state index in [4.69, 9.17) is 11.1 Å². The lowest BCUT2D eigenvalue weighted by molar-refractivity contribution is 0.0951. The lowest BCUT2D eigenvalue weighted by Gasteiger charge is -2.22. The number of carbonyl (C=O) groups excluding carboxylic acids is 2. The first-order valence-corrected chi connectivity index (χ1v) is 9.77. The fourth-order valence-corrected chi connectivity index (χ4v) is 3.10. The number of nitrogens with one attached hydrogen (secondary N) is 3. The highest BCUT2D eigenvalue weighted by molar-refractivity contribution is 6.03. The van der Waals surface area contributed by atoms with Crippen LogP contribution in [0.2, 0.25) is 0 Å². The number of rotatable bonds is 6. The van der Waals surface area contributed by atoms with Crippen molar-refractivity contribution in [2.45, 2.75) is 13.5 Å². The molecule has 0 aliphatic carbocycles. The third-order valence-electron chi connectivity index (χ3n) is 4.81. The zero-order valence-electron chi connectivity index (χ0n) is 17.5. The summed E-state index contributed by atoms with van der Waals surface area (Å²) < 4.78 is 0. The summed E-state index contributed by atoms with van der Waals surface area (Å²) in [6.07, 6.45) is 0. The lowest BCUT2D eigenvalue weighted by atomic mass is 10.1. The van der Waals surface area contributed by atoms with Gasteiger partial charge in [-0.3, -0.25) is 15.1 Å². The number of amidine groups is 1. The van der Waals surface area contributed by atoms with Gasteiger partial charge in [0.25, 0.3) is 5.91 Å². The van der Waals surface area contributed by atoms with Crippen LogP contribution in [0.4, 0.5) is 16.2 Å². The first kappa shape index (κ1) is 21.6. The van der Waals surface area contributed by atoms with E-state index in [0.717, 1.165) is 11.1 Å². The molecular weight excluding hydrogens is 390 g/mol. The highest BCUT2D eigenvalue weighted by atomic mass is 16.2. The van der Waals surface area contributed by atoms with E-state index in [1.165, 1.54) is 4.90 Å². The third-order valence-corrected chi connectivity index (χ3v) is 4.81. The van der Waals surface area contributed by atoms with Crippen LogP contribution in [-0.4, -0.2) is 24.8 Å². The fourth-order valence-electron chi connectivity index (χ4n) is 3.10. The molecule has 0 aliphatic heterocycles. The van der Waals surface area contributed by atoms with Crippen molar-refractivity contribution in [3.8, 4) is 0 Å². The number of nitrogens with zero attached hydrogens (tertiary/aromatic N) is 1. The minimum Gasteiger partial charge on any atom is -0.384 e. The molecule has 3 amide bonds. The van der Waals surface area contributed by atoms with Gasteiger partial charge in [0.05, 0.1) is 5.69 Å². The van der Waals surface area contributed by atoms with Crippen LogP contribution in [0.3, 0.4) is 0 Å². The number of amides is 3. The molecule has 0 fully saturated rings. The van der Waals surface area contributed by atoms with Crippen molar-refractivity contribution in [2.75, 3.05) is 17.3 Å². The predicted molar refractivity (Wildman–Crippen MR) is 124 cm³/mol. The normalized spacial score (nSPS) is 10.3. The summed E-state index contributed by atoms with van der Waals surface area (Å²) in [5, 5.41) is 13.4. The van der Waals surface area contributed by atoms with E-state index < -0.39 is 0 Å². The van der Waals surface area contributed by atoms with Gasteiger partial charge in [-0.1, -0.05) is 48.0 Å². The zero-order chi connectivity index (χ0) is 22.4. The average molecular weight is 415 g/mol. The van der Waals surface area contributed by atoms with Crippen molar-refractivity contribution >= 4 is 29.1 Å². The van der Waals surface area contributed by atoms with Crippen LogP contribution in [0.1, 0.15) is 27.0 Å². The summed E-state index contributed by atoms with van der Waals surface area (Å²) in [5.74, 6) is -0.310. The molecule has 7 heteroatoms. The molecule has 3 rings (SSSR count). The molecular formula is C24H25N5O2. The highest BCUT2D eigenvalue weighted by Crippen LogP contribution is 2.23. The van der Waals surface area contributed by atoms with E-state index in [1.54, 1.807) is 43.4 Å². The van der Waals surface area contributed by atoms with Crippen LogP contribution in [0, 0.1) is 12.3 Å². The maximum atomic E-state index is 12.8. The number of carbonyl (C=O) groups is 2. The van der Waals surface area contributed by atoms with Crippen LogP contribution in [0.25, 0.3) is 0 Å². The van der Waals surface area contributed by atoms with Gasteiger partial charge in [0.15, 0.2) is 0 Å². The molecule has 0 saturated heterocycles. The van der Waals surface area contributed by atoms with E-state index >= 15 is 0 Å². The minimum absolute atomic E-state index is 0.103. The molecule has 0 atom stereocenters. The Balaban J connectivity index is 1.82. The number of benzene rings is 3. The maximum Gasteiger partial charge on any atom is 0.326 e. The first-order chi connectivity index (χ1) is 14.8. The zero-order valence-corrected chi connectivity index (χ0v) is 17.5. The van der Waals surface area contributed by atoms with E-state index in [2.05, 4.69) is 10.6 Å². The third kappa shape index (κ3) is 5.48. The molecule has 0 heterocycles. The molecule has 0 saturated carbocycles. The smallest absolute Gasteiger partial charge is 0.326 e. The molecule has 0 radical (unpaired) electrons. The van der Waals surface area contributed by atoms with Crippen molar-refractivity contribution < 1.29 is 9.59 Å². The van der Waals surface area contributed by atoms with Gasteiger partial charge in [0.2, 0.25) is 0 Å². The standard InChI is InChI=1S/C24H25N5O2/c1-16-7-6-8-18(13-16)23(30)27-15-19-12-11-17(22(25)26)14-21(19)29(2)24(31)28-20-9-4-3-5-10-20/h3-14H,15H2,1-2H3,(H3,25,26)(H,27,30)(H,28,31). The van der Waals surface area contributed by atoms with Gasteiger partial charge in [-0.05, 0) is 42.8 Å². The molecule has 0 unspecified atom stereocenters. The molecule has 0 spiro atoms. The second kappa shape index (κ2) is 9.58. The Morgan fingerprint density at radius 2 is 1.71 bits per heavy atom. The largest absolute Gasteiger partial charge is 0.384 e. The van der Waals surface area contributed by atoms with E-state index in [9.17, 15) is 9.59 Å². The summed E-state index contributed by atoms with van der Waals surface area (Å²) in [7, 11) is 1.63. The van der Waals surface area contributed by atoms with Crippen molar-refractivity contribution in [1.29, 1.82) is 5.41 Å². The predicted octanol–water partition coefficient (Wildman–Crippen LogP) is 3.88. The number of anilines is 2. The Bertz CT molecular complexity index is 1110. The SMILES string of the molecule is Cc1cccc(C(=O)NCc2ccc(C(=N)N)cc2N(C)C(=O)Nc2ccccc2)c1. The van der Waals surface area contributed by atoms with Crippen molar-refractivity contribution in [1.82, 2.24) is 5.32 Å². The second-order valence-electron chi connectivity index (χ2n) is 7.16. The number of aryl methyl sites for hydroxylation is 1.